The van der Waals surface area contributed by atoms with Crippen molar-refractivity contribution < 1.29 is 38.6 Å². The van der Waals surface area contributed by atoms with Crippen molar-refractivity contribution in [1.29, 1.82) is 0 Å². The largest absolute Gasteiger partial charge is 0.393 e. The van der Waals surface area contributed by atoms with Crippen molar-refractivity contribution in [2.45, 2.75) is 157 Å². The quantitative estimate of drug-likeness (QED) is 0.0728. The third-order valence-corrected chi connectivity index (χ3v) is 19.2. The molecule has 5 fully saturated rings. The molecule has 1 aromatic carbocycles. The van der Waals surface area contributed by atoms with E-state index in [1.54, 1.807) is 23.8 Å². The molecule has 2 unspecified atom stereocenters. The Labute approximate surface area is 387 Å². The van der Waals surface area contributed by atoms with Crippen LogP contribution in [0.15, 0.2) is 29.8 Å². The number of aliphatic hydroxyl groups is 1. The number of allylic oxidation sites excluding steroid dienone is 2. The Morgan fingerprint density at radius 3 is 2.25 bits per heavy atom. The molecule has 11 atom stereocenters. The maximum Gasteiger partial charge on any atom is 0.264 e. The van der Waals surface area contributed by atoms with Crippen LogP contribution in [0.1, 0.15) is 165 Å². The van der Waals surface area contributed by atoms with E-state index < -0.39 is 29.7 Å². The summed E-state index contributed by atoms with van der Waals surface area (Å²) in [6, 6.07) is 4.06. The number of hydrogen-bond acceptors (Lipinski definition) is 9. The van der Waals surface area contributed by atoms with Gasteiger partial charge in [0.15, 0.2) is 0 Å². The zero-order chi connectivity index (χ0) is 46.5. The van der Waals surface area contributed by atoms with E-state index in [0.29, 0.717) is 75.3 Å². The summed E-state index contributed by atoms with van der Waals surface area (Å²) in [6.07, 6.45) is 15.5. The summed E-state index contributed by atoms with van der Waals surface area (Å²) in [7, 11) is 0. The molecule has 358 valence electrons. The summed E-state index contributed by atoms with van der Waals surface area (Å²) >= 11 is 0. The summed E-state index contributed by atoms with van der Waals surface area (Å²) in [5, 5.41) is 20.1. The Morgan fingerprint density at radius 2 is 1.52 bits per heavy atom. The first-order valence-corrected chi connectivity index (χ1v) is 25.3. The first-order valence-electron chi connectivity index (χ1n) is 25.3. The van der Waals surface area contributed by atoms with E-state index in [4.69, 9.17) is 9.47 Å². The fourth-order valence-electron chi connectivity index (χ4n) is 15.1. The highest BCUT2D eigenvalue weighted by Crippen LogP contribution is 2.75. The number of unbranched alkanes of at least 4 members (excludes halogenated alkanes) is 1. The number of carbonyl (C=O) groups is 5. The zero-order valence-corrected chi connectivity index (χ0v) is 40.5. The van der Waals surface area contributed by atoms with E-state index in [1.165, 1.54) is 12.8 Å². The first-order chi connectivity index (χ1) is 30.9. The number of benzene rings is 1. The molecular weight excluding hydrogens is 821 g/mol. The van der Waals surface area contributed by atoms with Gasteiger partial charge in [-0.3, -0.25) is 34.2 Å². The third-order valence-electron chi connectivity index (χ3n) is 19.2. The number of piperidine rings is 1. The molecule has 1 aromatic rings. The van der Waals surface area contributed by atoms with Gasteiger partial charge in [0.1, 0.15) is 6.04 Å². The van der Waals surface area contributed by atoms with Crippen molar-refractivity contribution in [2.75, 3.05) is 44.8 Å². The molecule has 8 rings (SSSR count). The van der Waals surface area contributed by atoms with Crippen LogP contribution in [-0.2, 0) is 23.9 Å². The maximum absolute atomic E-state index is 14.5. The number of rotatable bonds is 16. The van der Waals surface area contributed by atoms with Crippen LogP contribution >= 0.6 is 0 Å². The second-order valence-electron chi connectivity index (χ2n) is 22.7. The number of amides is 5. The van der Waals surface area contributed by atoms with Crippen LogP contribution in [0.4, 0.5) is 5.69 Å². The van der Waals surface area contributed by atoms with E-state index in [0.717, 1.165) is 69.1 Å². The van der Waals surface area contributed by atoms with Gasteiger partial charge < -0.3 is 25.2 Å². The fourth-order valence-corrected chi connectivity index (χ4v) is 15.1. The van der Waals surface area contributed by atoms with Crippen LogP contribution in [0.3, 0.4) is 0 Å². The summed E-state index contributed by atoms with van der Waals surface area (Å²) in [4.78, 5) is 66.0. The molecule has 0 bridgehead atoms. The molecule has 12 nitrogen and oxygen atoms in total. The number of anilines is 1. The van der Waals surface area contributed by atoms with Crippen molar-refractivity contribution in [3.63, 3.8) is 0 Å². The predicted molar refractivity (Wildman–Crippen MR) is 250 cm³/mol. The van der Waals surface area contributed by atoms with Gasteiger partial charge in [-0.2, -0.15) is 0 Å². The number of nitrogens with zero attached hydrogens (tertiary/aromatic N) is 1. The number of aliphatic hydroxyl groups excluding tert-OH is 1. The van der Waals surface area contributed by atoms with Crippen molar-refractivity contribution >= 4 is 35.2 Å². The van der Waals surface area contributed by atoms with Crippen LogP contribution in [0.25, 0.3) is 0 Å². The standard InChI is InChI=1S/C53H78N4O8/c1-33-19-24-53(26-25-51(6)36(44(53)34(33)2)15-17-40-50(5)22-21-41(58)49(3,4)39(50)20-23-52(40,51)7)48(63)55-28-12-32-65-30-9-8-29-64-31-11-27-54-37-14-10-13-35-43(37)47(62)57(46(35)61)38-16-18-42(59)56-45(38)60/h10,13-15,33-34,38-41,44,54,58H,8-9,11-12,16-32H2,1-7H3,(H,55,63)(H,56,59,60)/t33-,34+,38?,39?,40-,41+,44+,50+,51-,52-,53+/m1/s1. The minimum absolute atomic E-state index is 0.0637. The summed E-state index contributed by atoms with van der Waals surface area (Å²) < 4.78 is 11.8. The molecule has 12 heteroatoms. The smallest absolute Gasteiger partial charge is 0.264 e. The van der Waals surface area contributed by atoms with Crippen molar-refractivity contribution in [1.82, 2.24) is 15.5 Å². The minimum atomic E-state index is -0.995. The molecule has 5 aliphatic carbocycles. The van der Waals surface area contributed by atoms with E-state index in [9.17, 15) is 29.1 Å². The molecular formula is C53H78N4O8. The summed E-state index contributed by atoms with van der Waals surface area (Å²) in [5.41, 5.74) is 2.70. The van der Waals surface area contributed by atoms with E-state index >= 15 is 0 Å². The number of hydrogen-bond donors (Lipinski definition) is 4. The topological polar surface area (TPSA) is 163 Å². The van der Waals surface area contributed by atoms with Crippen LogP contribution in [0.2, 0.25) is 0 Å². The molecule has 4 saturated carbocycles. The number of ether oxygens (including phenoxy) is 2. The molecule has 1 saturated heterocycles. The number of fused-ring (bicyclic) bond motifs is 8. The Bertz CT molecular complexity index is 2050. The van der Waals surface area contributed by atoms with Gasteiger partial charge in [0, 0.05) is 51.6 Å². The highest BCUT2D eigenvalue weighted by Gasteiger charge is 2.69. The lowest BCUT2D eigenvalue weighted by atomic mass is 9.33. The molecule has 5 amide bonds. The SMILES string of the molecule is C[C@H]1[C@H](C)CC[C@]2(C(=O)NCCCOCCCCOCCCNc3cccc4c3C(=O)N(C3CCC(=O)NC3=O)C4=O)CC[C@]3(C)C(=CC[C@@H]4[C@@]5(C)CC[C@H](O)C(C)(C)C5CC[C@]43C)[C@H]12. The number of carbonyl (C=O) groups excluding carboxylic acids is 5. The molecule has 65 heavy (non-hydrogen) atoms. The van der Waals surface area contributed by atoms with Crippen molar-refractivity contribution in [3.05, 3.63) is 41.0 Å². The van der Waals surface area contributed by atoms with Crippen molar-refractivity contribution in [2.24, 2.45) is 56.7 Å². The van der Waals surface area contributed by atoms with Gasteiger partial charge in [0.05, 0.1) is 22.6 Å². The lowest BCUT2D eigenvalue weighted by Gasteiger charge is -2.71. The second-order valence-corrected chi connectivity index (χ2v) is 22.7. The zero-order valence-electron chi connectivity index (χ0n) is 40.5. The Hall–Kier alpha value is -3.61. The lowest BCUT2D eigenvalue weighted by Crippen LogP contribution is -2.66. The van der Waals surface area contributed by atoms with Crippen LogP contribution in [0, 0.1) is 56.7 Å². The van der Waals surface area contributed by atoms with Gasteiger partial charge in [-0.15, -0.1) is 0 Å². The summed E-state index contributed by atoms with van der Waals surface area (Å²) in [5.74, 6) is 0.626. The molecule has 0 radical (unpaired) electrons. The molecule has 0 spiro atoms. The molecule has 7 aliphatic rings. The lowest BCUT2D eigenvalue weighted by molar-refractivity contribution is -0.204. The normalized spacial score (nSPS) is 37.3. The van der Waals surface area contributed by atoms with Gasteiger partial charge in [-0.1, -0.05) is 66.2 Å². The Kier molecular flexibility index (Phi) is 13.6. The number of imide groups is 2. The minimum Gasteiger partial charge on any atom is -0.393 e. The number of nitrogens with one attached hydrogen (secondary N) is 3. The maximum atomic E-state index is 14.5. The highest BCUT2D eigenvalue weighted by atomic mass is 16.5. The first kappa shape index (κ1) is 47.9. The van der Waals surface area contributed by atoms with E-state index in [1.807, 2.05) is 0 Å². The molecule has 2 heterocycles. The Balaban J connectivity index is 0.747. The second kappa shape index (κ2) is 18.5. The highest BCUT2D eigenvalue weighted by molar-refractivity contribution is 6.25. The van der Waals surface area contributed by atoms with Crippen LogP contribution < -0.4 is 16.0 Å². The van der Waals surface area contributed by atoms with Gasteiger partial charge in [-0.05, 0) is 153 Å². The fraction of sp³-hybridized carbons (Fsp3) is 0.755. The van der Waals surface area contributed by atoms with Crippen molar-refractivity contribution in [3.8, 4) is 0 Å². The average molecular weight is 899 g/mol. The van der Waals surface area contributed by atoms with Gasteiger partial charge >= 0.3 is 0 Å². The third kappa shape index (κ3) is 8.10. The Morgan fingerprint density at radius 1 is 0.815 bits per heavy atom. The summed E-state index contributed by atoms with van der Waals surface area (Å²) in [6.45, 7) is 20.8. The molecule has 2 aliphatic heterocycles. The van der Waals surface area contributed by atoms with E-state index in [2.05, 4.69) is 70.5 Å². The van der Waals surface area contributed by atoms with Gasteiger partial charge in [-0.25, -0.2) is 0 Å². The molecule has 4 N–H and O–H groups in total. The predicted octanol–water partition coefficient (Wildman–Crippen LogP) is 8.23. The molecule has 0 aromatic heterocycles. The van der Waals surface area contributed by atoms with E-state index in [-0.39, 0.29) is 69.0 Å². The van der Waals surface area contributed by atoms with Crippen LogP contribution in [-0.4, -0.2) is 91.2 Å². The average Bonchev–Trinajstić information content (AvgIpc) is 3.52. The van der Waals surface area contributed by atoms with Crippen LogP contribution in [0.5, 0.6) is 0 Å². The monoisotopic (exact) mass is 899 g/mol. The van der Waals surface area contributed by atoms with Gasteiger partial charge in [0.2, 0.25) is 17.7 Å². The van der Waals surface area contributed by atoms with Gasteiger partial charge in [0.25, 0.3) is 11.8 Å².